The summed E-state index contributed by atoms with van der Waals surface area (Å²) in [5.41, 5.74) is 3.61. The van der Waals surface area contributed by atoms with E-state index >= 15 is 0 Å². The Bertz CT molecular complexity index is 915. The van der Waals surface area contributed by atoms with Crippen molar-refractivity contribution in [3.8, 4) is 0 Å². The van der Waals surface area contributed by atoms with E-state index in [-0.39, 0.29) is 23.9 Å². The molecule has 0 saturated carbocycles. The fourth-order valence-corrected chi connectivity index (χ4v) is 2.79. The molecule has 0 aliphatic carbocycles. The SMILES string of the molecule is C=CCN1C(=O)c2ccc(C(=O)Nc3cc(C)ccc3C)cc2C1=O. The van der Waals surface area contributed by atoms with E-state index in [2.05, 4.69) is 11.9 Å². The third-order valence-corrected chi connectivity index (χ3v) is 4.19. The molecule has 2 aromatic carbocycles. The van der Waals surface area contributed by atoms with Crippen LogP contribution in [0.4, 0.5) is 5.69 Å². The van der Waals surface area contributed by atoms with Crippen LogP contribution >= 0.6 is 0 Å². The van der Waals surface area contributed by atoms with E-state index in [0.29, 0.717) is 11.1 Å². The molecule has 0 aromatic heterocycles. The van der Waals surface area contributed by atoms with Gasteiger partial charge in [-0.15, -0.1) is 6.58 Å². The van der Waals surface area contributed by atoms with Crippen molar-refractivity contribution in [2.45, 2.75) is 13.8 Å². The number of imide groups is 1. The lowest BCUT2D eigenvalue weighted by atomic mass is 10.0. The molecule has 1 aliphatic rings. The van der Waals surface area contributed by atoms with Crippen LogP contribution in [0.3, 0.4) is 0 Å². The van der Waals surface area contributed by atoms with Crippen LogP contribution in [-0.4, -0.2) is 29.2 Å². The maximum absolute atomic E-state index is 12.5. The summed E-state index contributed by atoms with van der Waals surface area (Å²) in [5, 5.41) is 2.86. The highest BCUT2D eigenvalue weighted by Crippen LogP contribution is 2.25. The van der Waals surface area contributed by atoms with E-state index in [1.165, 1.54) is 18.2 Å². The number of carbonyl (C=O) groups excluding carboxylic acids is 3. The molecule has 25 heavy (non-hydrogen) atoms. The van der Waals surface area contributed by atoms with Gasteiger partial charge in [-0.1, -0.05) is 18.2 Å². The van der Waals surface area contributed by atoms with E-state index < -0.39 is 5.91 Å². The largest absolute Gasteiger partial charge is 0.322 e. The summed E-state index contributed by atoms with van der Waals surface area (Å²) < 4.78 is 0. The minimum Gasteiger partial charge on any atom is -0.322 e. The van der Waals surface area contributed by atoms with Gasteiger partial charge in [-0.2, -0.15) is 0 Å². The number of hydrogen-bond acceptors (Lipinski definition) is 3. The number of nitrogens with one attached hydrogen (secondary N) is 1. The van der Waals surface area contributed by atoms with Gasteiger partial charge in [0.15, 0.2) is 0 Å². The second-order valence-corrected chi connectivity index (χ2v) is 6.04. The monoisotopic (exact) mass is 334 g/mol. The van der Waals surface area contributed by atoms with Gasteiger partial charge in [0.2, 0.25) is 0 Å². The molecule has 0 bridgehead atoms. The predicted molar refractivity (Wildman–Crippen MR) is 95.9 cm³/mol. The minimum absolute atomic E-state index is 0.149. The van der Waals surface area contributed by atoms with Crippen LogP contribution in [0.1, 0.15) is 42.2 Å². The molecular weight excluding hydrogens is 316 g/mol. The van der Waals surface area contributed by atoms with Gasteiger partial charge in [-0.05, 0) is 49.2 Å². The predicted octanol–water partition coefficient (Wildman–Crippen LogP) is 3.34. The normalized spacial score (nSPS) is 13.0. The van der Waals surface area contributed by atoms with Gasteiger partial charge in [0.05, 0.1) is 11.1 Å². The highest BCUT2D eigenvalue weighted by Gasteiger charge is 2.35. The minimum atomic E-state index is -0.402. The topological polar surface area (TPSA) is 66.5 Å². The Labute approximate surface area is 146 Å². The van der Waals surface area contributed by atoms with E-state index in [4.69, 9.17) is 0 Å². The summed E-state index contributed by atoms with van der Waals surface area (Å²) in [7, 11) is 0. The van der Waals surface area contributed by atoms with Gasteiger partial charge in [0.25, 0.3) is 17.7 Å². The van der Waals surface area contributed by atoms with Crippen molar-refractivity contribution in [2.75, 3.05) is 11.9 Å². The number of nitrogens with zero attached hydrogens (tertiary/aromatic N) is 1. The van der Waals surface area contributed by atoms with Crippen LogP contribution in [-0.2, 0) is 0 Å². The van der Waals surface area contributed by atoms with Crippen LogP contribution in [0.5, 0.6) is 0 Å². The number of fused-ring (bicyclic) bond motifs is 1. The molecule has 5 nitrogen and oxygen atoms in total. The molecule has 5 heteroatoms. The van der Waals surface area contributed by atoms with Crippen LogP contribution in [0.25, 0.3) is 0 Å². The van der Waals surface area contributed by atoms with Crippen molar-refractivity contribution in [1.29, 1.82) is 0 Å². The molecule has 0 spiro atoms. The number of carbonyl (C=O) groups is 3. The molecule has 2 aromatic rings. The first-order valence-corrected chi connectivity index (χ1v) is 7.92. The van der Waals surface area contributed by atoms with Crippen molar-refractivity contribution in [1.82, 2.24) is 4.90 Å². The summed E-state index contributed by atoms with van der Waals surface area (Å²) in [6, 6.07) is 10.3. The molecule has 0 unspecified atom stereocenters. The van der Waals surface area contributed by atoms with Crippen molar-refractivity contribution >= 4 is 23.4 Å². The molecule has 3 rings (SSSR count). The third-order valence-electron chi connectivity index (χ3n) is 4.19. The Balaban J connectivity index is 1.89. The van der Waals surface area contributed by atoms with Gasteiger partial charge < -0.3 is 5.32 Å². The van der Waals surface area contributed by atoms with E-state index in [1.54, 1.807) is 6.07 Å². The van der Waals surface area contributed by atoms with Gasteiger partial charge in [-0.3, -0.25) is 19.3 Å². The fourth-order valence-electron chi connectivity index (χ4n) is 2.79. The van der Waals surface area contributed by atoms with E-state index in [1.807, 2.05) is 32.0 Å². The van der Waals surface area contributed by atoms with Gasteiger partial charge in [0.1, 0.15) is 0 Å². The number of benzene rings is 2. The molecule has 1 aliphatic heterocycles. The number of anilines is 1. The molecule has 126 valence electrons. The Hall–Kier alpha value is -3.21. The van der Waals surface area contributed by atoms with Crippen LogP contribution in [0.15, 0.2) is 49.1 Å². The first-order valence-electron chi connectivity index (χ1n) is 7.92. The lowest BCUT2D eigenvalue weighted by Crippen LogP contribution is -2.29. The second-order valence-electron chi connectivity index (χ2n) is 6.04. The lowest BCUT2D eigenvalue weighted by molar-refractivity contribution is 0.0672. The molecular formula is C20H18N2O3. The van der Waals surface area contributed by atoms with Crippen molar-refractivity contribution in [3.05, 3.63) is 76.9 Å². The zero-order chi connectivity index (χ0) is 18.1. The fraction of sp³-hybridized carbons (Fsp3) is 0.150. The van der Waals surface area contributed by atoms with Crippen molar-refractivity contribution < 1.29 is 14.4 Å². The van der Waals surface area contributed by atoms with E-state index in [9.17, 15) is 14.4 Å². The zero-order valence-corrected chi connectivity index (χ0v) is 14.1. The highest BCUT2D eigenvalue weighted by molar-refractivity contribution is 6.22. The third kappa shape index (κ3) is 2.96. The number of aryl methyl sites for hydroxylation is 2. The zero-order valence-electron chi connectivity index (χ0n) is 14.1. The van der Waals surface area contributed by atoms with E-state index in [0.717, 1.165) is 21.7 Å². The van der Waals surface area contributed by atoms with Crippen LogP contribution in [0.2, 0.25) is 0 Å². The first-order chi connectivity index (χ1) is 11.9. The summed E-state index contributed by atoms with van der Waals surface area (Å²) in [5.74, 6) is -1.08. The summed E-state index contributed by atoms with van der Waals surface area (Å²) in [4.78, 5) is 38.2. The average molecular weight is 334 g/mol. The number of hydrogen-bond donors (Lipinski definition) is 1. The second kappa shape index (κ2) is 6.36. The first kappa shape index (κ1) is 16.6. The molecule has 3 amide bonds. The molecule has 0 atom stereocenters. The highest BCUT2D eigenvalue weighted by atomic mass is 16.2. The summed E-state index contributed by atoms with van der Waals surface area (Å²) >= 11 is 0. The maximum atomic E-state index is 12.5. The quantitative estimate of drug-likeness (QED) is 0.689. The van der Waals surface area contributed by atoms with Crippen LogP contribution in [0, 0.1) is 13.8 Å². The molecule has 0 radical (unpaired) electrons. The summed E-state index contributed by atoms with van der Waals surface area (Å²) in [6.45, 7) is 7.56. The smallest absolute Gasteiger partial charge is 0.261 e. The Morgan fingerprint density at radius 1 is 1.08 bits per heavy atom. The Morgan fingerprint density at radius 3 is 2.52 bits per heavy atom. The Morgan fingerprint density at radius 2 is 1.80 bits per heavy atom. The van der Waals surface area contributed by atoms with Gasteiger partial charge >= 0.3 is 0 Å². The summed E-state index contributed by atoms with van der Waals surface area (Å²) in [6.07, 6.45) is 1.50. The molecule has 1 N–H and O–H groups in total. The molecule has 0 saturated heterocycles. The van der Waals surface area contributed by atoms with Gasteiger partial charge in [-0.25, -0.2) is 0 Å². The average Bonchev–Trinajstić information content (AvgIpc) is 2.83. The molecule has 1 heterocycles. The van der Waals surface area contributed by atoms with Crippen molar-refractivity contribution in [2.24, 2.45) is 0 Å². The Kier molecular flexibility index (Phi) is 4.23. The standard InChI is InChI=1S/C20H18N2O3/c1-4-9-22-19(24)15-8-7-14(11-16(15)20(22)25)18(23)21-17-10-12(2)5-6-13(17)3/h4-8,10-11H,1,9H2,2-3H3,(H,21,23). The van der Waals surface area contributed by atoms with Crippen molar-refractivity contribution in [3.63, 3.8) is 0 Å². The maximum Gasteiger partial charge on any atom is 0.261 e. The van der Waals surface area contributed by atoms with Gasteiger partial charge in [0, 0.05) is 17.8 Å². The molecule has 0 fully saturated rings. The number of rotatable bonds is 4. The lowest BCUT2D eigenvalue weighted by Gasteiger charge is -2.10. The number of amides is 3. The van der Waals surface area contributed by atoms with Crippen LogP contribution < -0.4 is 5.32 Å².